The number of nitrogens with one attached hydrogen (secondary N) is 1. The second-order valence-corrected chi connectivity index (χ2v) is 8.23. The Morgan fingerprint density at radius 2 is 2.00 bits per heavy atom. The van der Waals surface area contributed by atoms with E-state index >= 15 is 0 Å². The summed E-state index contributed by atoms with van der Waals surface area (Å²) >= 11 is 0. The number of sulfonamides is 1. The molecule has 0 bridgehead atoms. The smallest absolute Gasteiger partial charge is 0.253 e. The maximum absolute atomic E-state index is 13.0. The van der Waals surface area contributed by atoms with Gasteiger partial charge in [-0.25, -0.2) is 8.42 Å². The highest BCUT2D eigenvalue weighted by molar-refractivity contribution is 7.89. The molecule has 7 nitrogen and oxygen atoms in total. The maximum atomic E-state index is 13.0. The second kappa shape index (κ2) is 7.72. The van der Waals surface area contributed by atoms with Crippen LogP contribution in [0, 0.1) is 0 Å². The van der Waals surface area contributed by atoms with Crippen molar-refractivity contribution in [3.63, 3.8) is 0 Å². The van der Waals surface area contributed by atoms with Gasteiger partial charge in [0, 0.05) is 25.4 Å². The fourth-order valence-electron chi connectivity index (χ4n) is 3.21. The van der Waals surface area contributed by atoms with E-state index < -0.39 is 16.1 Å². The molecule has 2 fully saturated rings. The first-order valence-corrected chi connectivity index (χ1v) is 10.1. The summed E-state index contributed by atoms with van der Waals surface area (Å²) in [5, 5.41) is 2.75. The van der Waals surface area contributed by atoms with Crippen LogP contribution in [0.4, 0.5) is 5.69 Å². The average Bonchev–Trinajstić information content (AvgIpc) is 3.17. The molecule has 138 valence electrons. The molecule has 2 aliphatic heterocycles. The number of ether oxygens (including phenoxy) is 2. The molecule has 2 saturated heterocycles. The van der Waals surface area contributed by atoms with Crippen molar-refractivity contribution in [2.45, 2.75) is 43.1 Å². The molecule has 0 radical (unpaired) electrons. The topological polar surface area (TPSA) is 84.9 Å². The molecular formula is C17H24N2O5S. The van der Waals surface area contributed by atoms with Crippen molar-refractivity contribution in [1.29, 1.82) is 0 Å². The number of rotatable bonds is 5. The van der Waals surface area contributed by atoms with Gasteiger partial charge >= 0.3 is 0 Å². The van der Waals surface area contributed by atoms with Crippen molar-refractivity contribution in [1.82, 2.24) is 4.31 Å². The van der Waals surface area contributed by atoms with Crippen LogP contribution in [0.15, 0.2) is 23.1 Å². The summed E-state index contributed by atoms with van der Waals surface area (Å²) in [7, 11) is -2.22. The number of hydrogen-bond donors (Lipinski definition) is 1. The highest BCUT2D eigenvalue weighted by Crippen LogP contribution is 2.31. The predicted molar refractivity (Wildman–Crippen MR) is 93.2 cm³/mol. The van der Waals surface area contributed by atoms with Gasteiger partial charge in [0.25, 0.3) is 5.91 Å². The largest absolute Gasteiger partial charge is 0.495 e. The fourth-order valence-corrected chi connectivity index (χ4v) is 4.91. The molecule has 0 unspecified atom stereocenters. The summed E-state index contributed by atoms with van der Waals surface area (Å²) in [6, 6.07) is 4.68. The predicted octanol–water partition coefficient (Wildman–Crippen LogP) is 1.99. The normalized spacial score (nSPS) is 21.9. The molecule has 0 aromatic heterocycles. The van der Waals surface area contributed by atoms with Crippen LogP contribution < -0.4 is 10.1 Å². The highest BCUT2D eigenvalue weighted by Gasteiger charge is 2.30. The van der Waals surface area contributed by atoms with Crippen LogP contribution in [-0.4, -0.2) is 51.5 Å². The van der Waals surface area contributed by atoms with Crippen molar-refractivity contribution in [3.8, 4) is 5.75 Å². The first-order chi connectivity index (χ1) is 12.0. The Morgan fingerprint density at radius 1 is 1.24 bits per heavy atom. The number of piperidine rings is 1. The van der Waals surface area contributed by atoms with Gasteiger partial charge < -0.3 is 14.8 Å². The molecule has 1 amide bonds. The second-order valence-electron chi connectivity index (χ2n) is 6.32. The molecule has 2 heterocycles. The molecule has 2 aliphatic rings. The van der Waals surface area contributed by atoms with E-state index in [9.17, 15) is 13.2 Å². The summed E-state index contributed by atoms with van der Waals surface area (Å²) in [6.45, 7) is 1.60. The molecule has 3 rings (SSSR count). The number of carbonyl (C=O) groups is 1. The van der Waals surface area contributed by atoms with E-state index in [2.05, 4.69) is 5.32 Å². The zero-order valence-electron chi connectivity index (χ0n) is 14.4. The Hall–Kier alpha value is -1.64. The molecule has 1 N–H and O–H groups in total. The Kier molecular flexibility index (Phi) is 5.61. The number of anilines is 1. The Morgan fingerprint density at radius 3 is 2.64 bits per heavy atom. The molecular weight excluding hydrogens is 344 g/mol. The van der Waals surface area contributed by atoms with Crippen LogP contribution in [0.2, 0.25) is 0 Å². The number of amides is 1. The van der Waals surface area contributed by atoms with E-state index in [1.807, 2.05) is 0 Å². The summed E-state index contributed by atoms with van der Waals surface area (Å²) in [4.78, 5) is 12.3. The average molecular weight is 368 g/mol. The van der Waals surface area contributed by atoms with Crippen molar-refractivity contribution in [3.05, 3.63) is 18.2 Å². The third-order valence-electron chi connectivity index (χ3n) is 4.59. The van der Waals surface area contributed by atoms with E-state index in [0.717, 1.165) is 25.7 Å². The van der Waals surface area contributed by atoms with Crippen LogP contribution in [-0.2, 0) is 19.6 Å². The van der Waals surface area contributed by atoms with Crippen LogP contribution >= 0.6 is 0 Å². The fraction of sp³-hybridized carbons (Fsp3) is 0.588. The zero-order chi connectivity index (χ0) is 17.9. The van der Waals surface area contributed by atoms with Gasteiger partial charge in [0.05, 0.1) is 7.11 Å². The van der Waals surface area contributed by atoms with Gasteiger partial charge in [0.1, 0.15) is 16.7 Å². The molecule has 0 saturated carbocycles. The van der Waals surface area contributed by atoms with Crippen LogP contribution in [0.3, 0.4) is 0 Å². The van der Waals surface area contributed by atoms with Gasteiger partial charge in [0.15, 0.2) is 0 Å². The molecule has 1 aromatic carbocycles. The van der Waals surface area contributed by atoms with Crippen molar-refractivity contribution >= 4 is 21.6 Å². The van der Waals surface area contributed by atoms with Crippen molar-refractivity contribution < 1.29 is 22.7 Å². The number of carbonyl (C=O) groups excluding carboxylic acids is 1. The molecule has 8 heteroatoms. The minimum atomic E-state index is -3.66. The standard InChI is InChI=1S/C17H24N2O5S/c1-23-14-8-7-13(18-17(20)15-6-5-11-24-15)12-16(14)25(21,22)19-9-3-2-4-10-19/h7-8,12,15H,2-6,9-11H2,1H3,(H,18,20)/t15-/m0/s1. The minimum Gasteiger partial charge on any atom is -0.495 e. The lowest BCUT2D eigenvalue weighted by molar-refractivity contribution is -0.124. The quantitative estimate of drug-likeness (QED) is 0.859. The van der Waals surface area contributed by atoms with Gasteiger partial charge in [0.2, 0.25) is 10.0 Å². The first kappa shape index (κ1) is 18.2. The Balaban J connectivity index is 1.85. The van der Waals surface area contributed by atoms with Gasteiger partial charge in [-0.1, -0.05) is 6.42 Å². The van der Waals surface area contributed by atoms with Gasteiger partial charge in [-0.2, -0.15) is 4.31 Å². The Labute approximate surface area is 148 Å². The number of methoxy groups -OCH3 is 1. The van der Waals surface area contributed by atoms with E-state index in [4.69, 9.17) is 9.47 Å². The monoisotopic (exact) mass is 368 g/mol. The highest BCUT2D eigenvalue weighted by atomic mass is 32.2. The molecule has 0 aliphatic carbocycles. The summed E-state index contributed by atoms with van der Waals surface area (Å²) < 4.78 is 38.0. The van der Waals surface area contributed by atoms with Crippen molar-refractivity contribution in [2.24, 2.45) is 0 Å². The van der Waals surface area contributed by atoms with E-state index in [1.165, 1.54) is 17.5 Å². The number of benzene rings is 1. The van der Waals surface area contributed by atoms with Gasteiger partial charge in [-0.3, -0.25) is 4.79 Å². The molecule has 25 heavy (non-hydrogen) atoms. The number of nitrogens with zero attached hydrogens (tertiary/aromatic N) is 1. The maximum Gasteiger partial charge on any atom is 0.253 e. The number of hydrogen-bond acceptors (Lipinski definition) is 5. The summed E-state index contributed by atoms with van der Waals surface area (Å²) in [6.07, 6.45) is 3.83. The Bertz CT molecular complexity index is 723. The zero-order valence-corrected chi connectivity index (χ0v) is 15.2. The molecule has 0 spiro atoms. The summed E-state index contributed by atoms with van der Waals surface area (Å²) in [5.41, 5.74) is 0.428. The van der Waals surface area contributed by atoms with E-state index in [1.54, 1.807) is 12.1 Å². The van der Waals surface area contributed by atoms with Gasteiger partial charge in [-0.05, 0) is 43.9 Å². The third-order valence-corrected chi connectivity index (χ3v) is 6.51. The minimum absolute atomic E-state index is 0.0852. The van der Waals surface area contributed by atoms with Crippen LogP contribution in [0.5, 0.6) is 5.75 Å². The van der Waals surface area contributed by atoms with Crippen molar-refractivity contribution in [2.75, 3.05) is 32.1 Å². The molecule has 1 aromatic rings. The van der Waals surface area contributed by atoms with Gasteiger partial charge in [-0.15, -0.1) is 0 Å². The lowest BCUT2D eigenvalue weighted by Gasteiger charge is -2.26. The lowest BCUT2D eigenvalue weighted by Crippen LogP contribution is -2.35. The van der Waals surface area contributed by atoms with Crippen LogP contribution in [0.25, 0.3) is 0 Å². The lowest BCUT2D eigenvalue weighted by atomic mass is 10.2. The van der Waals surface area contributed by atoms with Crippen LogP contribution in [0.1, 0.15) is 32.1 Å². The summed E-state index contributed by atoms with van der Waals surface area (Å²) in [5.74, 6) is 0.0321. The SMILES string of the molecule is COc1ccc(NC(=O)[C@@H]2CCCO2)cc1S(=O)(=O)N1CCCCC1. The van der Waals surface area contributed by atoms with E-state index in [-0.39, 0.29) is 16.6 Å². The third kappa shape index (κ3) is 3.96. The first-order valence-electron chi connectivity index (χ1n) is 8.63. The molecule has 1 atom stereocenters. The van der Waals surface area contributed by atoms with E-state index in [0.29, 0.717) is 31.8 Å².